The van der Waals surface area contributed by atoms with Crippen LogP contribution >= 0.6 is 0 Å². The number of benzene rings is 1. The van der Waals surface area contributed by atoms with Crippen molar-refractivity contribution in [2.45, 2.75) is 37.6 Å². The van der Waals surface area contributed by atoms with Crippen molar-refractivity contribution in [3.05, 3.63) is 23.8 Å². The molecule has 1 aromatic rings. The number of hydrogen-bond donors (Lipinski definition) is 2. The Hall–Kier alpha value is -1.60. The highest BCUT2D eigenvalue weighted by Gasteiger charge is 2.30. The molecule has 0 unspecified atom stereocenters. The van der Waals surface area contributed by atoms with Crippen molar-refractivity contribution < 1.29 is 13.2 Å². The van der Waals surface area contributed by atoms with E-state index < -0.39 is 10.0 Å². The van der Waals surface area contributed by atoms with E-state index in [0.29, 0.717) is 37.2 Å². The Morgan fingerprint density at radius 2 is 1.95 bits per heavy atom. The lowest BCUT2D eigenvalue weighted by Crippen LogP contribution is -2.46. The third-order valence-corrected chi connectivity index (χ3v) is 5.85. The van der Waals surface area contributed by atoms with Crippen molar-refractivity contribution in [2.24, 2.45) is 0 Å². The molecule has 1 aromatic carbocycles. The van der Waals surface area contributed by atoms with Gasteiger partial charge >= 0.3 is 0 Å². The molecule has 1 amide bonds. The van der Waals surface area contributed by atoms with Gasteiger partial charge in [0.2, 0.25) is 15.9 Å². The molecule has 0 spiro atoms. The molecule has 0 radical (unpaired) electrons. The minimum absolute atomic E-state index is 0.0517. The SMILES string of the molecule is CC(=O)NC1CCN(S(=O)(=O)c2cccc(N)c2C)CC1. The fraction of sp³-hybridized carbons (Fsp3) is 0.500. The molecule has 6 nitrogen and oxygen atoms in total. The predicted octanol–water partition coefficient (Wildman–Crippen LogP) is 0.866. The summed E-state index contributed by atoms with van der Waals surface area (Å²) in [5.41, 5.74) is 6.85. The van der Waals surface area contributed by atoms with E-state index >= 15 is 0 Å². The molecule has 1 saturated heterocycles. The van der Waals surface area contributed by atoms with Crippen LogP contribution in [0.5, 0.6) is 0 Å². The number of nitrogen functional groups attached to an aromatic ring is 1. The largest absolute Gasteiger partial charge is 0.398 e. The monoisotopic (exact) mass is 311 g/mol. The summed E-state index contributed by atoms with van der Waals surface area (Å²) in [4.78, 5) is 11.3. The zero-order chi connectivity index (χ0) is 15.6. The molecule has 0 aromatic heterocycles. The van der Waals surface area contributed by atoms with Gasteiger partial charge in [0.05, 0.1) is 4.90 Å². The number of rotatable bonds is 3. The van der Waals surface area contributed by atoms with Crippen molar-refractivity contribution in [2.75, 3.05) is 18.8 Å². The van der Waals surface area contributed by atoms with Gasteiger partial charge in [-0.3, -0.25) is 4.79 Å². The van der Waals surface area contributed by atoms with Crippen LogP contribution in [-0.2, 0) is 14.8 Å². The number of nitrogens with zero attached hydrogens (tertiary/aromatic N) is 1. The van der Waals surface area contributed by atoms with Crippen LogP contribution in [0.2, 0.25) is 0 Å². The van der Waals surface area contributed by atoms with Gasteiger partial charge in [-0.05, 0) is 37.5 Å². The summed E-state index contributed by atoms with van der Waals surface area (Å²) in [6, 6.07) is 4.98. The van der Waals surface area contributed by atoms with Crippen LogP contribution in [0.15, 0.2) is 23.1 Å². The van der Waals surface area contributed by atoms with Crippen LogP contribution in [0.3, 0.4) is 0 Å². The predicted molar refractivity (Wildman–Crippen MR) is 81.2 cm³/mol. The maximum atomic E-state index is 12.7. The standard InChI is InChI=1S/C14H21N3O3S/c1-10-13(15)4-3-5-14(10)21(19,20)17-8-6-12(7-9-17)16-11(2)18/h3-5,12H,6-9,15H2,1-2H3,(H,16,18). The van der Waals surface area contributed by atoms with Crippen LogP contribution in [0.4, 0.5) is 5.69 Å². The Morgan fingerprint density at radius 3 is 2.52 bits per heavy atom. The van der Waals surface area contributed by atoms with E-state index in [-0.39, 0.29) is 16.8 Å². The molecule has 0 saturated carbocycles. The minimum Gasteiger partial charge on any atom is -0.398 e. The van der Waals surface area contributed by atoms with Gasteiger partial charge in [0.15, 0.2) is 0 Å². The van der Waals surface area contributed by atoms with Crippen molar-refractivity contribution >= 4 is 21.6 Å². The number of anilines is 1. The topological polar surface area (TPSA) is 92.5 Å². The first kappa shape index (κ1) is 15.8. The lowest BCUT2D eigenvalue weighted by atomic mass is 10.1. The van der Waals surface area contributed by atoms with Gasteiger partial charge in [-0.15, -0.1) is 0 Å². The zero-order valence-electron chi connectivity index (χ0n) is 12.3. The second-order valence-electron chi connectivity index (χ2n) is 5.35. The van der Waals surface area contributed by atoms with Crippen molar-refractivity contribution in [1.82, 2.24) is 9.62 Å². The van der Waals surface area contributed by atoms with Crippen LogP contribution < -0.4 is 11.1 Å². The highest BCUT2D eigenvalue weighted by Crippen LogP contribution is 2.26. The van der Waals surface area contributed by atoms with E-state index in [4.69, 9.17) is 5.73 Å². The van der Waals surface area contributed by atoms with Crippen molar-refractivity contribution in [3.8, 4) is 0 Å². The van der Waals surface area contributed by atoms with Crippen LogP contribution in [0.1, 0.15) is 25.3 Å². The first-order valence-electron chi connectivity index (χ1n) is 6.94. The second kappa shape index (κ2) is 6.03. The normalized spacial score (nSPS) is 17.6. The zero-order valence-corrected chi connectivity index (χ0v) is 13.1. The summed E-state index contributed by atoms with van der Waals surface area (Å²) in [6.07, 6.45) is 1.25. The smallest absolute Gasteiger partial charge is 0.243 e. The molecular formula is C14H21N3O3S. The summed E-state index contributed by atoms with van der Waals surface area (Å²) < 4.78 is 26.8. The number of piperidine rings is 1. The fourth-order valence-corrected chi connectivity index (χ4v) is 4.30. The molecule has 0 atom stereocenters. The molecule has 1 heterocycles. The van der Waals surface area contributed by atoms with Gasteiger partial charge in [0.25, 0.3) is 0 Å². The molecule has 0 aliphatic carbocycles. The Bertz CT molecular complexity index is 635. The number of amides is 1. The molecule has 3 N–H and O–H groups in total. The maximum Gasteiger partial charge on any atom is 0.243 e. The number of nitrogens with one attached hydrogen (secondary N) is 1. The first-order chi connectivity index (χ1) is 9.82. The van der Waals surface area contributed by atoms with E-state index in [9.17, 15) is 13.2 Å². The van der Waals surface area contributed by atoms with Crippen molar-refractivity contribution in [1.29, 1.82) is 0 Å². The number of nitrogens with two attached hydrogens (primary N) is 1. The second-order valence-corrected chi connectivity index (χ2v) is 7.26. The quantitative estimate of drug-likeness (QED) is 0.810. The Labute approximate surface area is 125 Å². The Morgan fingerprint density at radius 1 is 1.33 bits per heavy atom. The lowest BCUT2D eigenvalue weighted by Gasteiger charge is -2.31. The molecule has 0 bridgehead atoms. The fourth-order valence-electron chi connectivity index (χ4n) is 2.58. The molecule has 7 heteroatoms. The first-order valence-corrected chi connectivity index (χ1v) is 8.38. The molecule has 1 fully saturated rings. The highest BCUT2D eigenvalue weighted by molar-refractivity contribution is 7.89. The third kappa shape index (κ3) is 3.36. The number of hydrogen-bond acceptors (Lipinski definition) is 4. The summed E-state index contributed by atoms with van der Waals surface area (Å²) in [6.45, 7) is 3.99. The molecule has 2 rings (SSSR count). The van der Waals surface area contributed by atoms with Crippen LogP contribution in [-0.4, -0.2) is 37.8 Å². The number of sulfonamides is 1. The van der Waals surface area contributed by atoms with E-state index in [1.807, 2.05) is 0 Å². The van der Waals surface area contributed by atoms with Crippen LogP contribution in [0, 0.1) is 6.92 Å². The highest BCUT2D eigenvalue weighted by atomic mass is 32.2. The van der Waals surface area contributed by atoms with E-state index in [1.54, 1.807) is 25.1 Å². The Balaban J connectivity index is 2.15. The van der Waals surface area contributed by atoms with Gasteiger partial charge in [-0.1, -0.05) is 6.07 Å². The van der Waals surface area contributed by atoms with Gasteiger partial charge in [0.1, 0.15) is 0 Å². The van der Waals surface area contributed by atoms with Gasteiger partial charge in [-0.2, -0.15) is 4.31 Å². The number of carbonyl (C=O) groups excluding carboxylic acids is 1. The van der Waals surface area contributed by atoms with Gasteiger partial charge in [0, 0.05) is 31.7 Å². The van der Waals surface area contributed by atoms with E-state index in [2.05, 4.69) is 5.32 Å². The lowest BCUT2D eigenvalue weighted by molar-refractivity contribution is -0.119. The molecule has 116 valence electrons. The molecular weight excluding hydrogens is 290 g/mol. The summed E-state index contributed by atoms with van der Waals surface area (Å²) in [5, 5.41) is 2.83. The Kier molecular flexibility index (Phi) is 4.53. The van der Waals surface area contributed by atoms with Gasteiger partial charge < -0.3 is 11.1 Å². The van der Waals surface area contributed by atoms with E-state index in [1.165, 1.54) is 11.2 Å². The third-order valence-electron chi connectivity index (χ3n) is 3.81. The molecule has 21 heavy (non-hydrogen) atoms. The van der Waals surface area contributed by atoms with Crippen molar-refractivity contribution in [3.63, 3.8) is 0 Å². The summed E-state index contributed by atoms with van der Waals surface area (Å²) >= 11 is 0. The summed E-state index contributed by atoms with van der Waals surface area (Å²) in [5.74, 6) is -0.0806. The van der Waals surface area contributed by atoms with Gasteiger partial charge in [-0.25, -0.2) is 8.42 Å². The average molecular weight is 311 g/mol. The number of carbonyl (C=O) groups is 1. The molecule has 1 aliphatic rings. The molecule has 1 aliphatic heterocycles. The van der Waals surface area contributed by atoms with E-state index in [0.717, 1.165) is 0 Å². The maximum absolute atomic E-state index is 12.7. The summed E-state index contributed by atoms with van der Waals surface area (Å²) in [7, 11) is -3.53. The average Bonchev–Trinajstić information content (AvgIpc) is 2.41. The minimum atomic E-state index is -3.53. The van der Waals surface area contributed by atoms with Crippen LogP contribution in [0.25, 0.3) is 0 Å².